The molecule has 136 valence electrons. The van der Waals surface area contributed by atoms with Crippen LogP contribution in [-0.4, -0.2) is 48.3 Å². The molecule has 0 saturated carbocycles. The van der Waals surface area contributed by atoms with Gasteiger partial charge in [0.1, 0.15) is 12.7 Å². The van der Waals surface area contributed by atoms with Crippen LogP contribution in [0.25, 0.3) is 0 Å². The van der Waals surface area contributed by atoms with Crippen molar-refractivity contribution in [3.63, 3.8) is 0 Å². The summed E-state index contributed by atoms with van der Waals surface area (Å²) in [4.78, 5) is 23.9. The number of ether oxygens (including phenoxy) is 3. The lowest BCUT2D eigenvalue weighted by atomic mass is 10.1. The summed E-state index contributed by atoms with van der Waals surface area (Å²) in [6.07, 6.45) is -6.20. The van der Waals surface area contributed by atoms with Crippen molar-refractivity contribution in [2.45, 2.75) is 24.7 Å². The van der Waals surface area contributed by atoms with Crippen LogP contribution in [0.5, 0.6) is 0 Å². The van der Waals surface area contributed by atoms with Gasteiger partial charge in [-0.3, -0.25) is 0 Å². The average Bonchev–Trinajstić information content (AvgIpc) is 2.95. The summed E-state index contributed by atoms with van der Waals surface area (Å²) in [5.74, 6) is -1.41. The van der Waals surface area contributed by atoms with Crippen LogP contribution in [0.1, 0.15) is 20.7 Å². The van der Waals surface area contributed by atoms with Gasteiger partial charge >= 0.3 is 11.9 Å². The van der Waals surface area contributed by atoms with E-state index in [0.29, 0.717) is 5.56 Å². The zero-order valence-corrected chi connectivity index (χ0v) is 13.7. The number of hydrogen-bond acceptors (Lipinski definition) is 6. The van der Waals surface area contributed by atoms with Gasteiger partial charge in [0, 0.05) is 0 Å². The summed E-state index contributed by atoms with van der Waals surface area (Å²) in [7, 11) is 0. The van der Waals surface area contributed by atoms with Gasteiger partial charge in [-0.25, -0.2) is 14.0 Å². The van der Waals surface area contributed by atoms with Crippen LogP contribution in [0.4, 0.5) is 4.39 Å². The minimum absolute atomic E-state index is 0.228. The molecule has 7 heteroatoms. The molecular formula is C19H17FO6. The van der Waals surface area contributed by atoms with Crippen molar-refractivity contribution in [3.05, 3.63) is 71.8 Å². The van der Waals surface area contributed by atoms with Gasteiger partial charge in [-0.15, -0.1) is 0 Å². The van der Waals surface area contributed by atoms with Crippen LogP contribution in [-0.2, 0) is 14.2 Å². The number of alkyl halides is 1. The van der Waals surface area contributed by atoms with E-state index >= 15 is 0 Å². The lowest BCUT2D eigenvalue weighted by Crippen LogP contribution is -2.35. The molecule has 2 aromatic rings. The number of hydrogen-bond donors (Lipinski definition) is 1. The zero-order chi connectivity index (χ0) is 18.5. The molecule has 0 spiro atoms. The maximum atomic E-state index is 14.5. The first kappa shape index (κ1) is 18.0. The minimum atomic E-state index is -1.83. The van der Waals surface area contributed by atoms with Crippen LogP contribution in [0, 0.1) is 0 Å². The van der Waals surface area contributed by atoms with E-state index in [-0.39, 0.29) is 5.56 Å². The summed E-state index contributed by atoms with van der Waals surface area (Å²) >= 11 is 0. The maximum absolute atomic E-state index is 14.5. The number of halogens is 1. The summed E-state index contributed by atoms with van der Waals surface area (Å²) < 4.78 is 29.5. The van der Waals surface area contributed by atoms with Gasteiger partial charge in [-0.05, 0) is 24.3 Å². The third kappa shape index (κ3) is 4.07. The van der Waals surface area contributed by atoms with E-state index in [0.717, 1.165) is 0 Å². The Labute approximate surface area is 149 Å². The lowest BCUT2D eigenvalue weighted by Gasteiger charge is -2.16. The highest BCUT2D eigenvalue weighted by molar-refractivity contribution is 5.89. The number of aliphatic hydroxyl groups is 1. The number of rotatable bonds is 5. The molecule has 1 saturated heterocycles. The van der Waals surface area contributed by atoms with Crippen molar-refractivity contribution in [3.8, 4) is 0 Å². The van der Waals surface area contributed by atoms with Gasteiger partial charge < -0.3 is 19.3 Å². The van der Waals surface area contributed by atoms with E-state index in [2.05, 4.69) is 0 Å². The second-order valence-corrected chi connectivity index (χ2v) is 5.71. The monoisotopic (exact) mass is 360 g/mol. The van der Waals surface area contributed by atoms with Gasteiger partial charge in [0.2, 0.25) is 0 Å². The van der Waals surface area contributed by atoms with Crippen molar-refractivity contribution < 1.29 is 33.3 Å². The van der Waals surface area contributed by atoms with Gasteiger partial charge in [0.15, 0.2) is 18.6 Å². The standard InChI is InChI=1S/C19H17FO6/c20-15-14(11-24-17(21)12-7-3-1-4-8-12)25-19(23)16(15)26-18(22)13-9-5-2-6-10-13/h1-10,14-16,19,23H,11H2/t14-,15-,16-,19+/m1/s1. The van der Waals surface area contributed by atoms with Crippen LogP contribution < -0.4 is 0 Å². The SMILES string of the molecule is O=C(OC[C@H]1O[C@H](O)[C@H](OC(=O)c2ccccc2)[C@@H]1F)c1ccccc1. The topological polar surface area (TPSA) is 82.1 Å². The van der Waals surface area contributed by atoms with Crippen LogP contribution >= 0.6 is 0 Å². The molecule has 2 aromatic carbocycles. The summed E-state index contributed by atoms with van der Waals surface area (Å²) in [5, 5.41) is 9.83. The highest BCUT2D eigenvalue weighted by atomic mass is 19.1. The second kappa shape index (κ2) is 8.07. The van der Waals surface area contributed by atoms with Gasteiger partial charge in [0.25, 0.3) is 0 Å². The molecule has 1 fully saturated rings. The van der Waals surface area contributed by atoms with E-state index < -0.39 is 43.2 Å². The van der Waals surface area contributed by atoms with Crippen LogP contribution in [0.2, 0.25) is 0 Å². The molecule has 1 heterocycles. The first-order chi connectivity index (χ1) is 12.6. The van der Waals surface area contributed by atoms with Crippen molar-refractivity contribution >= 4 is 11.9 Å². The van der Waals surface area contributed by atoms with Crippen molar-refractivity contribution in [2.24, 2.45) is 0 Å². The molecule has 0 amide bonds. The molecule has 0 unspecified atom stereocenters. The van der Waals surface area contributed by atoms with E-state index in [1.807, 2.05) is 0 Å². The zero-order valence-electron chi connectivity index (χ0n) is 13.7. The Morgan fingerprint density at radius 1 is 0.962 bits per heavy atom. The molecular weight excluding hydrogens is 343 g/mol. The Morgan fingerprint density at radius 2 is 1.50 bits per heavy atom. The van der Waals surface area contributed by atoms with Gasteiger partial charge in [-0.2, -0.15) is 0 Å². The fraction of sp³-hybridized carbons (Fsp3) is 0.263. The van der Waals surface area contributed by atoms with Crippen LogP contribution in [0.15, 0.2) is 60.7 Å². The Balaban J connectivity index is 1.56. The number of aliphatic hydroxyl groups excluding tert-OH is 1. The number of esters is 2. The lowest BCUT2D eigenvalue weighted by molar-refractivity contribution is -0.135. The normalized spacial score (nSPS) is 24.8. The number of carbonyl (C=O) groups is 2. The van der Waals surface area contributed by atoms with E-state index in [4.69, 9.17) is 14.2 Å². The van der Waals surface area contributed by atoms with E-state index in [1.165, 1.54) is 12.1 Å². The fourth-order valence-corrected chi connectivity index (χ4v) is 2.54. The Kier molecular flexibility index (Phi) is 5.60. The maximum Gasteiger partial charge on any atom is 0.338 e. The van der Waals surface area contributed by atoms with Crippen molar-refractivity contribution in [1.29, 1.82) is 0 Å². The molecule has 3 rings (SSSR count). The first-order valence-electron chi connectivity index (χ1n) is 8.02. The highest BCUT2D eigenvalue weighted by Crippen LogP contribution is 2.26. The number of benzene rings is 2. The quantitative estimate of drug-likeness (QED) is 0.823. The minimum Gasteiger partial charge on any atom is -0.459 e. The molecule has 0 radical (unpaired) electrons. The summed E-state index contributed by atoms with van der Waals surface area (Å²) in [6, 6.07) is 16.2. The smallest absolute Gasteiger partial charge is 0.338 e. The fourth-order valence-electron chi connectivity index (χ4n) is 2.54. The molecule has 26 heavy (non-hydrogen) atoms. The average molecular weight is 360 g/mol. The van der Waals surface area contributed by atoms with Gasteiger partial charge in [0.05, 0.1) is 11.1 Å². The Hall–Kier alpha value is -2.77. The number of carbonyl (C=O) groups excluding carboxylic acids is 2. The van der Waals surface area contributed by atoms with Gasteiger partial charge in [-0.1, -0.05) is 36.4 Å². The molecule has 1 N–H and O–H groups in total. The third-order valence-electron chi connectivity index (χ3n) is 3.91. The van der Waals surface area contributed by atoms with E-state index in [9.17, 15) is 19.1 Å². The molecule has 0 aliphatic carbocycles. The van der Waals surface area contributed by atoms with Crippen LogP contribution in [0.3, 0.4) is 0 Å². The molecule has 1 aliphatic rings. The van der Waals surface area contributed by atoms with E-state index in [1.54, 1.807) is 48.5 Å². The highest BCUT2D eigenvalue weighted by Gasteiger charge is 2.47. The Bertz CT molecular complexity index is 751. The predicted octanol–water partition coefficient (Wildman–Crippen LogP) is 2.12. The summed E-state index contributed by atoms with van der Waals surface area (Å²) in [5.41, 5.74) is 0.541. The van der Waals surface area contributed by atoms with Crippen molar-refractivity contribution in [2.75, 3.05) is 6.61 Å². The molecule has 6 nitrogen and oxygen atoms in total. The molecule has 0 aromatic heterocycles. The summed E-state index contributed by atoms with van der Waals surface area (Å²) in [6.45, 7) is -0.411. The first-order valence-corrected chi connectivity index (χ1v) is 8.02. The molecule has 1 aliphatic heterocycles. The Morgan fingerprint density at radius 3 is 2.08 bits per heavy atom. The predicted molar refractivity (Wildman–Crippen MR) is 88.1 cm³/mol. The third-order valence-corrected chi connectivity index (χ3v) is 3.91. The second-order valence-electron chi connectivity index (χ2n) is 5.71. The molecule has 4 atom stereocenters. The van der Waals surface area contributed by atoms with Crippen molar-refractivity contribution in [1.82, 2.24) is 0 Å². The molecule has 0 bridgehead atoms. The largest absolute Gasteiger partial charge is 0.459 e.